The maximum atomic E-state index is 12.1. The van der Waals surface area contributed by atoms with E-state index in [0.717, 1.165) is 12.2 Å². The summed E-state index contributed by atoms with van der Waals surface area (Å²) < 4.78 is 23.5. The molecule has 2 N–H and O–H groups in total. The zero-order valence-electron chi connectivity index (χ0n) is 12.2. The molecule has 0 aromatic heterocycles. The fourth-order valence-electron chi connectivity index (χ4n) is 1.76. The van der Waals surface area contributed by atoms with Gasteiger partial charge < -0.3 is 10.6 Å². The van der Waals surface area contributed by atoms with Crippen molar-refractivity contribution >= 4 is 21.2 Å². The van der Waals surface area contributed by atoms with E-state index in [1.54, 1.807) is 20.8 Å². The molecule has 0 heterocycles. The highest BCUT2D eigenvalue weighted by Gasteiger charge is 2.29. The Kier molecular flexibility index (Phi) is 4.85. The van der Waals surface area contributed by atoms with Crippen LogP contribution in [0.5, 0.6) is 0 Å². The van der Waals surface area contributed by atoms with E-state index in [-0.39, 0.29) is 5.75 Å². The predicted molar refractivity (Wildman–Crippen MR) is 82.3 cm³/mol. The third-order valence-corrected chi connectivity index (χ3v) is 5.81. The maximum absolute atomic E-state index is 12.1. The average Bonchev–Trinajstić information content (AvgIpc) is 2.30. The Hall–Kier alpha value is -1.23. The minimum absolute atomic E-state index is 0.138. The summed E-state index contributed by atoms with van der Waals surface area (Å²) in [5.41, 5.74) is 7.51. The van der Waals surface area contributed by atoms with Crippen LogP contribution in [0.4, 0.5) is 11.4 Å². The number of nitrogen functional groups attached to an aromatic ring is 1. The Labute approximate surface area is 116 Å². The van der Waals surface area contributed by atoms with Gasteiger partial charge in [0.2, 0.25) is 0 Å². The van der Waals surface area contributed by atoms with Crippen molar-refractivity contribution in [3.63, 3.8) is 0 Å². The van der Waals surface area contributed by atoms with Crippen LogP contribution in [-0.2, 0) is 9.84 Å². The van der Waals surface area contributed by atoms with Crippen molar-refractivity contribution in [1.82, 2.24) is 0 Å². The predicted octanol–water partition coefficient (Wildman–Crippen LogP) is 2.31. The molecular formula is C14H24N2O2S. The van der Waals surface area contributed by atoms with Gasteiger partial charge in [0.15, 0.2) is 9.84 Å². The van der Waals surface area contributed by atoms with Crippen molar-refractivity contribution in [2.45, 2.75) is 32.4 Å². The Balaban J connectivity index is 2.84. The molecule has 108 valence electrons. The zero-order valence-corrected chi connectivity index (χ0v) is 13.0. The SMILES string of the molecule is CCN(CCS(=O)(=O)C(C)(C)C)c1ccccc1N. The highest BCUT2D eigenvalue weighted by molar-refractivity contribution is 7.92. The first-order chi connectivity index (χ1) is 8.69. The normalized spacial score (nSPS) is 12.4. The number of hydrogen-bond acceptors (Lipinski definition) is 4. The van der Waals surface area contributed by atoms with Gasteiger partial charge in [-0.05, 0) is 39.8 Å². The largest absolute Gasteiger partial charge is 0.397 e. The third kappa shape index (κ3) is 3.86. The first-order valence-electron chi connectivity index (χ1n) is 6.51. The van der Waals surface area contributed by atoms with E-state index in [2.05, 4.69) is 0 Å². The Morgan fingerprint density at radius 1 is 1.21 bits per heavy atom. The summed E-state index contributed by atoms with van der Waals surface area (Å²) in [6.07, 6.45) is 0. The maximum Gasteiger partial charge on any atom is 0.156 e. The van der Waals surface area contributed by atoms with E-state index >= 15 is 0 Å². The van der Waals surface area contributed by atoms with Crippen LogP contribution in [-0.4, -0.2) is 32.0 Å². The van der Waals surface area contributed by atoms with Crippen LogP contribution in [0.25, 0.3) is 0 Å². The highest BCUT2D eigenvalue weighted by Crippen LogP contribution is 2.23. The third-order valence-electron chi connectivity index (χ3n) is 3.22. The molecule has 0 spiro atoms. The van der Waals surface area contributed by atoms with E-state index in [1.807, 2.05) is 36.1 Å². The molecule has 5 heteroatoms. The Morgan fingerprint density at radius 2 is 1.79 bits per heavy atom. The zero-order chi connectivity index (χ0) is 14.7. The molecule has 0 saturated carbocycles. The number of para-hydroxylation sites is 2. The second kappa shape index (κ2) is 5.82. The van der Waals surface area contributed by atoms with Gasteiger partial charge in [-0.3, -0.25) is 0 Å². The second-order valence-electron chi connectivity index (χ2n) is 5.57. The lowest BCUT2D eigenvalue weighted by molar-refractivity contribution is 0.559. The molecule has 0 aliphatic rings. The molecule has 0 aliphatic carbocycles. The summed E-state index contributed by atoms with van der Waals surface area (Å²) in [6.45, 7) is 8.38. The van der Waals surface area contributed by atoms with E-state index in [0.29, 0.717) is 12.2 Å². The minimum Gasteiger partial charge on any atom is -0.397 e. The Bertz CT molecular complexity index is 518. The summed E-state index contributed by atoms with van der Waals surface area (Å²) in [5, 5.41) is 0. The highest BCUT2D eigenvalue weighted by atomic mass is 32.2. The van der Waals surface area contributed by atoms with Gasteiger partial charge in [-0.25, -0.2) is 8.42 Å². The van der Waals surface area contributed by atoms with Gasteiger partial charge in [0.25, 0.3) is 0 Å². The van der Waals surface area contributed by atoms with Gasteiger partial charge in [-0.2, -0.15) is 0 Å². The summed E-state index contributed by atoms with van der Waals surface area (Å²) >= 11 is 0. The molecule has 0 unspecified atom stereocenters. The van der Waals surface area contributed by atoms with Gasteiger partial charge in [0.05, 0.1) is 21.9 Å². The van der Waals surface area contributed by atoms with Gasteiger partial charge in [0.1, 0.15) is 0 Å². The van der Waals surface area contributed by atoms with Gasteiger partial charge in [-0.15, -0.1) is 0 Å². The molecule has 19 heavy (non-hydrogen) atoms. The molecule has 0 amide bonds. The lowest BCUT2D eigenvalue weighted by Gasteiger charge is -2.26. The number of sulfone groups is 1. The number of benzene rings is 1. The van der Waals surface area contributed by atoms with Crippen LogP contribution < -0.4 is 10.6 Å². The molecule has 4 nitrogen and oxygen atoms in total. The summed E-state index contributed by atoms with van der Waals surface area (Å²) in [7, 11) is -3.11. The number of anilines is 2. The van der Waals surface area contributed by atoms with Crippen molar-refractivity contribution in [1.29, 1.82) is 0 Å². The average molecular weight is 284 g/mol. The number of hydrogen-bond donors (Lipinski definition) is 1. The van der Waals surface area contributed by atoms with Crippen LogP contribution in [0.1, 0.15) is 27.7 Å². The van der Waals surface area contributed by atoms with Crippen LogP contribution >= 0.6 is 0 Å². The molecule has 1 rings (SSSR count). The molecule has 0 radical (unpaired) electrons. The van der Waals surface area contributed by atoms with Crippen LogP contribution in [0.2, 0.25) is 0 Å². The molecule has 1 aromatic carbocycles. The smallest absolute Gasteiger partial charge is 0.156 e. The van der Waals surface area contributed by atoms with Gasteiger partial charge in [0, 0.05) is 13.1 Å². The lowest BCUT2D eigenvalue weighted by Crippen LogP contribution is -2.36. The van der Waals surface area contributed by atoms with Crippen molar-refractivity contribution in [2.24, 2.45) is 0 Å². The Morgan fingerprint density at radius 3 is 2.26 bits per heavy atom. The fraction of sp³-hybridized carbons (Fsp3) is 0.571. The van der Waals surface area contributed by atoms with Crippen LogP contribution in [0.15, 0.2) is 24.3 Å². The summed E-state index contributed by atoms with van der Waals surface area (Å²) in [6, 6.07) is 7.53. The van der Waals surface area contributed by atoms with Crippen molar-refractivity contribution in [3.8, 4) is 0 Å². The van der Waals surface area contributed by atoms with Gasteiger partial charge >= 0.3 is 0 Å². The fourth-order valence-corrected chi connectivity index (χ4v) is 2.83. The molecule has 0 saturated heterocycles. The summed E-state index contributed by atoms with van der Waals surface area (Å²) in [4.78, 5) is 2.00. The number of rotatable bonds is 5. The van der Waals surface area contributed by atoms with Gasteiger partial charge in [-0.1, -0.05) is 12.1 Å². The monoisotopic (exact) mass is 284 g/mol. The first-order valence-corrected chi connectivity index (χ1v) is 8.16. The summed E-state index contributed by atoms with van der Waals surface area (Å²) in [5.74, 6) is 0.138. The van der Waals surface area contributed by atoms with Crippen LogP contribution in [0, 0.1) is 0 Å². The van der Waals surface area contributed by atoms with E-state index < -0.39 is 14.6 Å². The minimum atomic E-state index is -3.11. The molecule has 0 aliphatic heterocycles. The molecule has 0 atom stereocenters. The van der Waals surface area contributed by atoms with Crippen LogP contribution in [0.3, 0.4) is 0 Å². The molecular weight excluding hydrogens is 260 g/mol. The standard InChI is InChI=1S/C14H24N2O2S/c1-5-16(13-9-7-6-8-12(13)15)10-11-19(17,18)14(2,3)4/h6-9H,5,10-11,15H2,1-4H3. The quantitative estimate of drug-likeness (QED) is 0.843. The van der Waals surface area contributed by atoms with Crippen molar-refractivity contribution in [3.05, 3.63) is 24.3 Å². The molecule has 1 aromatic rings. The first kappa shape index (κ1) is 15.8. The number of nitrogens with two attached hydrogens (primary N) is 1. The molecule has 0 bridgehead atoms. The second-order valence-corrected chi connectivity index (χ2v) is 8.43. The topological polar surface area (TPSA) is 63.4 Å². The van der Waals surface area contributed by atoms with Crippen molar-refractivity contribution in [2.75, 3.05) is 29.5 Å². The van der Waals surface area contributed by atoms with Crippen molar-refractivity contribution < 1.29 is 8.42 Å². The number of nitrogens with zero attached hydrogens (tertiary/aromatic N) is 1. The van der Waals surface area contributed by atoms with E-state index in [9.17, 15) is 8.42 Å². The van der Waals surface area contributed by atoms with E-state index in [4.69, 9.17) is 5.73 Å². The molecule has 0 fully saturated rings. The van der Waals surface area contributed by atoms with E-state index in [1.165, 1.54) is 0 Å². The lowest BCUT2D eigenvalue weighted by atomic mass is 10.2.